The zero-order chi connectivity index (χ0) is 15.3. The molecule has 3 aliphatic carbocycles. The maximum atomic E-state index is 7.97. The fourth-order valence-electron chi connectivity index (χ4n) is 5.54. The monoisotopic (exact) mass is 285 g/mol. The average molecular weight is 285 g/mol. The maximum absolute atomic E-state index is 7.97. The summed E-state index contributed by atoms with van der Waals surface area (Å²) in [5, 5.41) is 7.97. The molecule has 3 atom stereocenters. The quantitative estimate of drug-likeness (QED) is 0.609. The molecule has 1 fully saturated rings. The van der Waals surface area contributed by atoms with E-state index in [2.05, 4.69) is 33.8 Å². The molecule has 116 valence electrons. The molecular formula is C20H31N. The van der Waals surface area contributed by atoms with Gasteiger partial charge >= 0.3 is 0 Å². The summed E-state index contributed by atoms with van der Waals surface area (Å²) in [5.74, 6) is 1.38. The van der Waals surface area contributed by atoms with Crippen LogP contribution in [0.25, 0.3) is 0 Å². The highest BCUT2D eigenvalue weighted by atomic mass is 14.6. The van der Waals surface area contributed by atoms with E-state index in [1.54, 1.807) is 22.9 Å². The molecule has 1 nitrogen and oxygen atoms in total. The molecule has 0 heterocycles. The van der Waals surface area contributed by atoms with Gasteiger partial charge in [0.15, 0.2) is 0 Å². The molecule has 1 heteroatoms. The first kappa shape index (κ1) is 15.1. The molecule has 3 rings (SSSR count). The van der Waals surface area contributed by atoms with Gasteiger partial charge in [-0.1, -0.05) is 51.3 Å². The average Bonchev–Trinajstić information content (AvgIpc) is 2.46. The number of fused-ring (bicyclic) bond motifs is 2. The van der Waals surface area contributed by atoms with Crippen LogP contribution < -0.4 is 0 Å². The van der Waals surface area contributed by atoms with Crippen LogP contribution in [0.5, 0.6) is 0 Å². The van der Waals surface area contributed by atoms with Gasteiger partial charge in [0.1, 0.15) is 0 Å². The normalized spacial score (nSPS) is 39.7. The Labute approximate surface area is 130 Å². The molecule has 0 aromatic rings. The molecule has 0 spiro atoms. The second-order valence-electron chi connectivity index (χ2n) is 8.39. The van der Waals surface area contributed by atoms with Crippen LogP contribution >= 0.6 is 0 Å². The predicted octanol–water partition coefficient (Wildman–Crippen LogP) is 5.92. The highest BCUT2D eigenvalue weighted by Gasteiger charge is 2.51. The first-order valence-corrected chi connectivity index (χ1v) is 8.85. The fraction of sp³-hybridized carbons (Fsp3) is 0.750. The van der Waals surface area contributed by atoms with Crippen molar-refractivity contribution in [3.8, 4) is 0 Å². The molecule has 0 bridgehead atoms. The zero-order valence-corrected chi connectivity index (χ0v) is 14.3. The van der Waals surface area contributed by atoms with Crippen molar-refractivity contribution in [3.05, 3.63) is 22.8 Å². The van der Waals surface area contributed by atoms with Crippen molar-refractivity contribution in [2.24, 2.45) is 22.7 Å². The van der Waals surface area contributed by atoms with E-state index in [9.17, 15) is 0 Å². The minimum Gasteiger partial charge on any atom is -0.313 e. The topological polar surface area (TPSA) is 23.9 Å². The van der Waals surface area contributed by atoms with Crippen LogP contribution in [0.2, 0.25) is 0 Å². The molecule has 0 radical (unpaired) electrons. The Morgan fingerprint density at radius 3 is 2.62 bits per heavy atom. The molecule has 1 N–H and O–H groups in total. The lowest BCUT2D eigenvalue weighted by atomic mass is 9.49. The lowest BCUT2D eigenvalue weighted by Crippen LogP contribution is -2.47. The van der Waals surface area contributed by atoms with E-state index < -0.39 is 0 Å². The summed E-state index contributed by atoms with van der Waals surface area (Å²) < 4.78 is 0. The highest BCUT2D eigenvalue weighted by molar-refractivity contribution is 5.63. The molecular weight excluding hydrogens is 254 g/mol. The third-order valence-corrected chi connectivity index (χ3v) is 6.85. The summed E-state index contributed by atoms with van der Waals surface area (Å²) in [4.78, 5) is 0. The van der Waals surface area contributed by atoms with E-state index in [1.807, 2.05) is 0 Å². The fourth-order valence-corrected chi connectivity index (χ4v) is 5.54. The number of allylic oxidation sites excluding steroid dienone is 4. The van der Waals surface area contributed by atoms with E-state index in [1.165, 1.54) is 44.9 Å². The molecule has 3 unspecified atom stereocenters. The Balaban J connectivity index is 2.02. The molecule has 0 aromatic heterocycles. The Kier molecular flexibility index (Phi) is 3.66. The third kappa shape index (κ3) is 2.24. The van der Waals surface area contributed by atoms with E-state index in [0.29, 0.717) is 17.3 Å². The Bertz CT molecular complexity index is 510. The van der Waals surface area contributed by atoms with Crippen LogP contribution in [0.15, 0.2) is 22.8 Å². The first-order chi connectivity index (χ1) is 9.90. The Hall–Kier alpha value is -0.850. The summed E-state index contributed by atoms with van der Waals surface area (Å²) in [5.41, 5.74) is 5.57. The number of hydrogen-bond acceptors (Lipinski definition) is 1. The summed E-state index contributed by atoms with van der Waals surface area (Å²) >= 11 is 0. The molecule has 21 heavy (non-hydrogen) atoms. The first-order valence-electron chi connectivity index (χ1n) is 8.85. The maximum Gasteiger partial charge on any atom is 0.00579 e. The van der Waals surface area contributed by atoms with Gasteiger partial charge in [0.25, 0.3) is 0 Å². The van der Waals surface area contributed by atoms with Crippen molar-refractivity contribution in [1.29, 1.82) is 5.41 Å². The van der Waals surface area contributed by atoms with E-state index >= 15 is 0 Å². The second kappa shape index (κ2) is 5.11. The van der Waals surface area contributed by atoms with E-state index in [4.69, 9.17) is 5.41 Å². The smallest absolute Gasteiger partial charge is 0.00579 e. The van der Waals surface area contributed by atoms with Gasteiger partial charge in [0.05, 0.1) is 0 Å². The zero-order valence-electron chi connectivity index (χ0n) is 14.3. The summed E-state index contributed by atoms with van der Waals surface area (Å²) in [6, 6.07) is 0. The van der Waals surface area contributed by atoms with Gasteiger partial charge in [-0.3, -0.25) is 0 Å². The van der Waals surface area contributed by atoms with Gasteiger partial charge in [0, 0.05) is 11.6 Å². The summed E-state index contributed by atoms with van der Waals surface area (Å²) in [7, 11) is 0. The second-order valence-corrected chi connectivity index (χ2v) is 8.39. The van der Waals surface area contributed by atoms with Crippen molar-refractivity contribution >= 4 is 6.21 Å². The standard InChI is InChI=1S/C20H31N/c1-14(2)15-6-8-17-16(12-15)7-9-18-19(3,13-21)10-5-11-20(17,18)4/h12-14,18,21H,5-11H2,1-4H3. The predicted molar refractivity (Wildman–Crippen MR) is 90.8 cm³/mol. The highest BCUT2D eigenvalue weighted by Crippen LogP contribution is 2.61. The van der Waals surface area contributed by atoms with Crippen molar-refractivity contribution in [2.75, 3.05) is 0 Å². The minimum atomic E-state index is 0.133. The van der Waals surface area contributed by atoms with Crippen molar-refractivity contribution in [1.82, 2.24) is 0 Å². The largest absolute Gasteiger partial charge is 0.313 e. The molecule has 0 aromatic carbocycles. The Morgan fingerprint density at radius 2 is 1.95 bits per heavy atom. The van der Waals surface area contributed by atoms with Crippen molar-refractivity contribution < 1.29 is 0 Å². The molecule has 1 saturated carbocycles. The summed E-state index contributed by atoms with van der Waals surface area (Å²) in [6.45, 7) is 9.52. The Morgan fingerprint density at radius 1 is 1.19 bits per heavy atom. The third-order valence-electron chi connectivity index (χ3n) is 6.85. The van der Waals surface area contributed by atoms with Crippen molar-refractivity contribution in [3.63, 3.8) is 0 Å². The molecule has 0 aliphatic heterocycles. The molecule has 0 saturated heterocycles. The van der Waals surface area contributed by atoms with Crippen LogP contribution in [-0.4, -0.2) is 6.21 Å². The number of nitrogens with one attached hydrogen (secondary N) is 1. The van der Waals surface area contributed by atoms with Gasteiger partial charge < -0.3 is 5.41 Å². The molecule has 3 aliphatic rings. The number of hydrogen-bond donors (Lipinski definition) is 1. The van der Waals surface area contributed by atoms with Crippen molar-refractivity contribution in [2.45, 2.75) is 72.6 Å². The minimum absolute atomic E-state index is 0.133. The lowest BCUT2D eigenvalue weighted by molar-refractivity contribution is 0.0457. The van der Waals surface area contributed by atoms with Crippen LogP contribution in [0.1, 0.15) is 72.6 Å². The molecule has 0 amide bonds. The number of rotatable bonds is 2. The van der Waals surface area contributed by atoms with Gasteiger partial charge in [-0.25, -0.2) is 0 Å². The summed E-state index contributed by atoms with van der Waals surface area (Å²) in [6.07, 6.45) is 13.2. The van der Waals surface area contributed by atoms with Crippen LogP contribution in [0.4, 0.5) is 0 Å². The SMILES string of the molecule is CC(C)C1=CC2=C(CC1)C1(C)CCCC(C)(C=N)C1CC2. The van der Waals surface area contributed by atoms with E-state index in [0.717, 1.165) is 0 Å². The lowest BCUT2D eigenvalue weighted by Gasteiger charge is -2.55. The van der Waals surface area contributed by atoms with E-state index in [-0.39, 0.29) is 5.41 Å². The van der Waals surface area contributed by atoms with Crippen LogP contribution in [-0.2, 0) is 0 Å². The van der Waals surface area contributed by atoms with Crippen LogP contribution in [0, 0.1) is 28.1 Å². The van der Waals surface area contributed by atoms with Crippen LogP contribution in [0.3, 0.4) is 0 Å². The van der Waals surface area contributed by atoms with Gasteiger partial charge in [-0.05, 0) is 61.3 Å². The van der Waals surface area contributed by atoms with Gasteiger partial charge in [-0.15, -0.1) is 0 Å². The van der Waals surface area contributed by atoms with Gasteiger partial charge in [-0.2, -0.15) is 0 Å². The van der Waals surface area contributed by atoms with Gasteiger partial charge in [0.2, 0.25) is 0 Å².